The van der Waals surface area contributed by atoms with E-state index in [0.29, 0.717) is 6.04 Å². The molecule has 0 bridgehead atoms. The first-order valence-electron chi connectivity index (χ1n) is 6.29. The second-order valence-corrected chi connectivity index (χ2v) is 4.67. The highest BCUT2D eigenvalue weighted by atomic mass is 15.2. The number of hydrogen-bond donors (Lipinski definition) is 1. The highest BCUT2D eigenvalue weighted by Gasteiger charge is 2.33. The third kappa shape index (κ3) is 2.28. The fourth-order valence-electron chi connectivity index (χ4n) is 2.54. The maximum absolute atomic E-state index is 5.97. The van der Waals surface area contributed by atoms with E-state index in [2.05, 4.69) is 43.0 Å². The number of nitrogens with two attached hydrogens (primary N) is 1. The topological polar surface area (TPSA) is 29.3 Å². The lowest BCUT2D eigenvalue weighted by Crippen LogP contribution is -2.35. The lowest BCUT2D eigenvalue weighted by Gasteiger charge is -2.31. The van der Waals surface area contributed by atoms with Crippen LogP contribution in [0, 0.1) is 6.92 Å². The number of rotatable bonds is 5. The van der Waals surface area contributed by atoms with Gasteiger partial charge in [0, 0.05) is 18.6 Å². The number of nitrogens with zero attached hydrogens (tertiary/aromatic N) is 1. The summed E-state index contributed by atoms with van der Waals surface area (Å²) in [5.41, 5.74) is 8.73. The van der Waals surface area contributed by atoms with Crippen molar-refractivity contribution in [1.29, 1.82) is 0 Å². The summed E-state index contributed by atoms with van der Waals surface area (Å²) in [7, 11) is 0. The predicted octanol–water partition coefficient (Wildman–Crippen LogP) is 2.48. The van der Waals surface area contributed by atoms with Crippen LogP contribution in [0.3, 0.4) is 0 Å². The quantitative estimate of drug-likeness (QED) is 0.822. The van der Waals surface area contributed by atoms with Crippen LogP contribution < -0.4 is 5.73 Å². The fourth-order valence-corrected chi connectivity index (χ4v) is 2.54. The zero-order chi connectivity index (χ0) is 11.5. The van der Waals surface area contributed by atoms with Gasteiger partial charge in [-0.15, -0.1) is 0 Å². The van der Waals surface area contributed by atoms with Gasteiger partial charge >= 0.3 is 0 Å². The van der Waals surface area contributed by atoms with Crippen molar-refractivity contribution in [2.24, 2.45) is 5.73 Å². The summed E-state index contributed by atoms with van der Waals surface area (Å²) in [6, 6.07) is 9.79. The van der Waals surface area contributed by atoms with Crippen molar-refractivity contribution < 1.29 is 0 Å². The van der Waals surface area contributed by atoms with Crippen LogP contribution >= 0.6 is 0 Å². The largest absolute Gasteiger partial charge is 0.329 e. The lowest BCUT2D eigenvalue weighted by molar-refractivity contribution is 0.201. The molecule has 1 unspecified atom stereocenters. The van der Waals surface area contributed by atoms with Gasteiger partial charge in [0.05, 0.1) is 0 Å². The van der Waals surface area contributed by atoms with E-state index in [1.54, 1.807) is 0 Å². The number of benzene rings is 1. The Morgan fingerprint density at radius 1 is 1.38 bits per heavy atom. The molecule has 0 radical (unpaired) electrons. The molecule has 2 N–H and O–H groups in total. The minimum Gasteiger partial charge on any atom is -0.329 e. The van der Waals surface area contributed by atoms with Gasteiger partial charge in [0.15, 0.2) is 0 Å². The first-order valence-corrected chi connectivity index (χ1v) is 6.29. The molecule has 0 heterocycles. The predicted molar refractivity (Wildman–Crippen MR) is 68.4 cm³/mol. The Kier molecular flexibility index (Phi) is 3.62. The van der Waals surface area contributed by atoms with Crippen LogP contribution in [-0.2, 0) is 0 Å². The van der Waals surface area contributed by atoms with Gasteiger partial charge in [0.2, 0.25) is 0 Å². The van der Waals surface area contributed by atoms with Crippen molar-refractivity contribution in [2.45, 2.75) is 38.8 Å². The van der Waals surface area contributed by atoms with E-state index in [1.807, 2.05) is 0 Å². The van der Waals surface area contributed by atoms with E-state index in [0.717, 1.165) is 19.1 Å². The van der Waals surface area contributed by atoms with Crippen LogP contribution in [0.5, 0.6) is 0 Å². The molecular formula is C14H22N2. The summed E-state index contributed by atoms with van der Waals surface area (Å²) in [4.78, 5) is 2.56. The summed E-state index contributed by atoms with van der Waals surface area (Å²) in [6.45, 7) is 6.23. The second kappa shape index (κ2) is 4.98. The molecule has 1 fully saturated rings. The standard InChI is InChI=1S/C14H22N2/c1-3-16(12-8-9-12)14(10-15)13-7-5-4-6-11(13)2/h4-7,12,14H,3,8-10,15H2,1-2H3. The molecule has 0 aromatic heterocycles. The van der Waals surface area contributed by atoms with Crippen molar-refractivity contribution >= 4 is 0 Å². The Labute approximate surface area is 98.4 Å². The lowest BCUT2D eigenvalue weighted by atomic mass is 10.00. The maximum Gasteiger partial charge on any atom is 0.0475 e. The fraction of sp³-hybridized carbons (Fsp3) is 0.571. The van der Waals surface area contributed by atoms with Crippen LogP contribution in [0.4, 0.5) is 0 Å². The average Bonchev–Trinajstić information content (AvgIpc) is 3.11. The van der Waals surface area contributed by atoms with Crippen LogP contribution in [0.15, 0.2) is 24.3 Å². The molecule has 2 nitrogen and oxygen atoms in total. The molecule has 1 aliphatic rings. The van der Waals surface area contributed by atoms with Gasteiger partial charge in [-0.05, 0) is 37.4 Å². The smallest absolute Gasteiger partial charge is 0.0475 e. The molecule has 2 rings (SSSR count). The highest BCUT2D eigenvalue weighted by molar-refractivity contribution is 5.29. The van der Waals surface area contributed by atoms with Gasteiger partial charge in [-0.3, -0.25) is 4.90 Å². The van der Waals surface area contributed by atoms with E-state index in [9.17, 15) is 0 Å². The van der Waals surface area contributed by atoms with Crippen LogP contribution in [0.2, 0.25) is 0 Å². The zero-order valence-corrected chi connectivity index (χ0v) is 10.3. The first-order chi connectivity index (χ1) is 7.77. The minimum atomic E-state index is 0.402. The molecule has 1 aliphatic carbocycles. The minimum absolute atomic E-state index is 0.402. The summed E-state index contributed by atoms with van der Waals surface area (Å²) in [5, 5.41) is 0. The third-order valence-electron chi connectivity index (χ3n) is 3.55. The number of aryl methyl sites for hydroxylation is 1. The van der Waals surface area contributed by atoms with Gasteiger partial charge in [0.1, 0.15) is 0 Å². The molecule has 88 valence electrons. The van der Waals surface area contributed by atoms with Crippen molar-refractivity contribution in [1.82, 2.24) is 4.90 Å². The maximum atomic E-state index is 5.97. The average molecular weight is 218 g/mol. The molecule has 0 aliphatic heterocycles. The monoisotopic (exact) mass is 218 g/mol. The molecule has 1 atom stereocenters. The normalized spacial score (nSPS) is 17.8. The molecule has 2 heteroatoms. The Hall–Kier alpha value is -0.860. The SMILES string of the molecule is CCN(C1CC1)C(CN)c1ccccc1C. The summed E-state index contributed by atoms with van der Waals surface area (Å²) in [6.07, 6.45) is 2.69. The molecule has 0 saturated heterocycles. The van der Waals surface area contributed by atoms with Crippen LogP contribution in [0.25, 0.3) is 0 Å². The van der Waals surface area contributed by atoms with Crippen molar-refractivity contribution in [2.75, 3.05) is 13.1 Å². The summed E-state index contributed by atoms with van der Waals surface area (Å²) < 4.78 is 0. The summed E-state index contributed by atoms with van der Waals surface area (Å²) in [5.74, 6) is 0. The Bertz CT molecular complexity index is 344. The van der Waals surface area contributed by atoms with E-state index < -0.39 is 0 Å². The van der Waals surface area contributed by atoms with Crippen molar-refractivity contribution in [3.63, 3.8) is 0 Å². The van der Waals surface area contributed by atoms with Gasteiger partial charge in [-0.25, -0.2) is 0 Å². The molecule has 1 aromatic carbocycles. The first kappa shape index (κ1) is 11.6. The number of likely N-dealkylation sites (N-methyl/N-ethyl adjacent to an activating group) is 1. The molecule has 1 saturated carbocycles. The van der Waals surface area contributed by atoms with E-state index >= 15 is 0 Å². The summed E-state index contributed by atoms with van der Waals surface area (Å²) >= 11 is 0. The van der Waals surface area contributed by atoms with Gasteiger partial charge in [0.25, 0.3) is 0 Å². The molecule has 16 heavy (non-hydrogen) atoms. The molecule has 0 spiro atoms. The Balaban J connectivity index is 2.23. The molecular weight excluding hydrogens is 196 g/mol. The second-order valence-electron chi connectivity index (χ2n) is 4.67. The van der Waals surface area contributed by atoms with Gasteiger partial charge in [-0.1, -0.05) is 31.2 Å². The van der Waals surface area contributed by atoms with Gasteiger partial charge < -0.3 is 5.73 Å². The number of hydrogen-bond acceptors (Lipinski definition) is 2. The zero-order valence-electron chi connectivity index (χ0n) is 10.3. The van der Waals surface area contributed by atoms with E-state index in [4.69, 9.17) is 5.73 Å². The molecule has 0 amide bonds. The molecule has 1 aromatic rings. The third-order valence-corrected chi connectivity index (χ3v) is 3.55. The van der Waals surface area contributed by atoms with E-state index in [-0.39, 0.29) is 0 Å². The van der Waals surface area contributed by atoms with Crippen LogP contribution in [-0.4, -0.2) is 24.0 Å². The highest BCUT2D eigenvalue weighted by Crippen LogP contribution is 2.34. The Morgan fingerprint density at radius 2 is 2.06 bits per heavy atom. The Morgan fingerprint density at radius 3 is 2.56 bits per heavy atom. The van der Waals surface area contributed by atoms with Gasteiger partial charge in [-0.2, -0.15) is 0 Å². The van der Waals surface area contributed by atoms with E-state index in [1.165, 1.54) is 24.0 Å². The van der Waals surface area contributed by atoms with Crippen molar-refractivity contribution in [3.05, 3.63) is 35.4 Å². The van der Waals surface area contributed by atoms with Crippen molar-refractivity contribution in [3.8, 4) is 0 Å². The van der Waals surface area contributed by atoms with Crippen LogP contribution in [0.1, 0.15) is 36.9 Å².